The molecule has 1 aromatic heterocycles. The van der Waals surface area contributed by atoms with Gasteiger partial charge in [-0.05, 0) is 11.5 Å². The highest BCUT2D eigenvalue weighted by Gasteiger charge is 2.26. The van der Waals surface area contributed by atoms with Crippen molar-refractivity contribution in [2.45, 2.75) is 5.03 Å². The van der Waals surface area contributed by atoms with E-state index in [1.807, 2.05) is 0 Å². The number of sulfone groups is 1. The summed E-state index contributed by atoms with van der Waals surface area (Å²) < 4.78 is 26.3. The lowest BCUT2D eigenvalue weighted by atomic mass is 10.3. The Hall–Kier alpha value is -1.68. The Morgan fingerprint density at radius 3 is 2.41 bits per heavy atom. The number of rotatable bonds is 3. The summed E-state index contributed by atoms with van der Waals surface area (Å²) in [7, 11) is -2.30. The lowest BCUT2D eigenvalue weighted by molar-refractivity contribution is 0.0998. The summed E-state index contributed by atoms with van der Waals surface area (Å²) in [5, 5.41) is 4.10. The second-order valence-corrected chi connectivity index (χ2v) is 5.74. The zero-order valence-corrected chi connectivity index (χ0v) is 10.6. The highest BCUT2D eigenvalue weighted by molar-refractivity contribution is 7.90. The van der Waals surface area contributed by atoms with Crippen LogP contribution in [0.2, 0.25) is 0 Å². The van der Waals surface area contributed by atoms with E-state index in [2.05, 4.69) is 15.0 Å². The van der Waals surface area contributed by atoms with Gasteiger partial charge in [-0.25, -0.2) is 13.2 Å². The number of hydrogen-bond acceptors (Lipinski definition) is 6. The second kappa shape index (κ2) is 4.67. The average Bonchev–Trinajstić information content (AvgIpc) is 2.60. The first-order chi connectivity index (χ1) is 7.77. The largest absolute Gasteiger partial charge is 0.365 e. The van der Waals surface area contributed by atoms with Gasteiger partial charge in [0.2, 0.25) is 0 Å². The van der Waals surface area contributed by atoms with Crippen molar-refractivity contribution in [2.24, 2.45) is 5.73 Å². The van der Waals surface area contributed by atoms with Crippen LogP contribution in [0.1, 0.15) is 10.4 Å². The molecule has 0 atom stereocenters. The zero-order valence-electron chi connectivity index (χ0n) is 8.97. The minimum absolute atomic E-state index is 0.00252. The van der Waals surface area contributed by atoms with Gasteiger partial charge in [-0.15, -0.1) is 0 Å². The summed E-state index contributed by atoms with van der Waals surface area (Å²) in [5.74, 6) is -0.967. The van der Waals surface area contributed by atoms with Gasteiger partial charge in [0.15, 0.2) is 14.9 Å². The van der Waals surface area contributed by atoms with Crippen molar-refractivity contribution in [1.29, 1.82) is 0 Å². The molecule has 0 saturated heterocycles. The maximum Gasteiger partial charge on any atom is 0.319 e. The maximum absolute atomic E-state index is 11.3. The van der Waals surface area contributed by atoms with Gasteiger partial charge in [-0.1, -0.05) is 0 Å². The van der Waals surface area contributed by atoms with E-state index >= 15 is 0 Å². The fourth-order valence-corrected chi connectivity index (χ4v) is 2.98. The summed E-state index contributed by atoms with van der Waals surface area (Å²) in [6.45, 7) is 0. The van der Waals surface area contributed by atoms with Crippen molar-refractivity contribution in [3.63, 3.8) is 0 Å². The first-order valence-electron chi connectivity index (χ1n) is 4.25. The Labute approximate surface area is 101 Å². The fraction of sp³-hybridized carbons (Fsp3) is 0.286. The van der Waals surface area contributed by atoms with Gasteiger partial charge >= 0.3 is 6.03 Å². The number of urea groups is 1. The Morgan fingerprint density at radius 1 is 1.41 bits per heavy atom. The number of hydrogen-bond donors (Lipinski definition) is 3. The minimum Gasteiger partial charge on any atom is -0.365 e. The van der Waals surface area contributed by atoms with Crippen LogP contribution in [0.15, 0.2) is 5.03 Å². The van der Waals surface area contributed by atoms with Crippen LogP contribution in [-0.4, -0.2) is 38.0 Å². The van der Waals surface area contributed by atoms with Crippen LogP contribution in [0.3, 0.4) is 0 Å². The average molecular weight is 278 g/mol. The van der Waals surface area contributed by atoms with E-state index < -0.39 is 26.8 Å². The molecule has 0 bridgehead atoms. The second-order valence-electron chi connectivity index (χ2n) is 3.03. The van der Waals surface area contributed by atoms with E-state index in [1.54, 1.807) is 0 Å². The van der Waals surface area contributed by atoms with Gasteiger partial charge in [-0.2, -0.15) is 4.37 Å². The number of anilines is 1. The predicted octanol–water partition coefficient (Wildman–Crippen LogP) is -0.603. The lowest BCUT2D eigenvalue weighted by Gasteiger charge is -2.02. The van der Waals surface area contributed by atoms with Gasteiger partial charge in [-0.3, -0.25) is 10.1 Å². The normalized spacial score (nSPS) is 10.9. The van der Waals surface area contributed by atoms with E-state index in [9.17, 15) is 18.0 Å². The van der Waals surface area contributed by atoms with Crippen LogP contribution in [0.25, 0.3) is 0 Å². The molecular weight excluding hydrogens is 268 g/mol. The fourth-order valence-electron chi connectivity index (χ4n) is 0.997. The Bertz CT molecular complexity index is 562. The molecule has 0 unspecified atom stereocenters. The van der Waals surface area contributed by atoms with E-state index in [1.165, 1.54) is 7.05 Å². The lowest BCUT2D eigenvalue weighted by Crippen LogP contribution is -2.26. The van der Waals surface area contributed by atoms with Crippen LogP contribution >= 0.6 is 11.5 Å². The molecule has 94 valence electrons. The minimum atomic E-state index is -3.67. The van der Waals surface area contributed by atoms with Crippen LogP contribution in [0.5, 0.6) is 0 Å². The molecular formula is C7H10N4O4S2. The van der Waals surface area contributed by atoms with Gasteiger partial charge in [0.1, 0.15) is 10.6 Å². The number of carbonyl (C=O) groups excluding carboxylic acids is 2. The highest BCUT2D eigenvalue weighted by atomic mass is 32.2. The number of aromatic nitrogens is 1. The van der Waals surface area contributed by atoms with Crippen LogP contribution < -0.4 is 16.4 Å². The first kappa shape index (κ1) is 13.4. The summed E-state index contributed by atoms with van der Waals surface area (Å²) in [5.41, 5.74) is 4.76. The molecule has 1 aromatic rings. The van der Waals surface area contributed by atoms with Gasteiger partial charge in [0.05, 0.1) is 0 Å². The molecule has 17 heavy (non-hydrogen) atoms. The van der Waals surface area contributed by atoms with Crippen LogP contribution in [0.4, 0.5) is 9.80 Å². The number of nitrogens with one attached hydrogen (secondary N) is 2. The Kier molecular flexibility index (Phi) is 3.68. The SMILES string of the molecule is CNC(=O)Nc1snc(S(C)(=O)=O)c1C(N)=O. The number of primary amides is 1. The number of amides is 3. The van der Waals surface area contributed by atoms with Crippen LogP contribution in [-0.2, 0) is 9.84 Å². The third kappa shape index (κ3) is 2.91. The predicted molar refractivity (Wildman–Crippen MR) is 61.8 cm³/mol. The summed E-state index contributed by atoms with van der Waals surface area (Å²) >= 11 is 0.673. The highest BCUT2D eigenvalue weighted by Crippen LogP contribution is 2.27. The molecule has 0 radical (unpaired) electrons. The molecule has 0 aliphatic carbocycles. The van der Waals surface area contributed by atoms with Gasteiger partial charge in [0, 0.05) is 13.3 Å². The first-order valence-corrected chi connectivity index (χ1v) is 6.92. The monoisotopic (exact) mass is 278 g/mol. The molecule has 10 heteroatoms. The van der Waals surface area contributed by atoms with Gasteiger partial charge in [0.25, 0.3) is 5.91 Å². The molecule has 0 saturated carbocycles. The van der Waals surface area contributed by atoms with E-state index in [0.29, 0.717) is 11.5 Å². The van der Waals surface area contributed by atoms with E-state index in [-0.39, 0.29) is 10.6 Å². The molecule has 1 rings (SSSR count). The van der Waals surface area contributed by atoms with Crippen molar-refractivity contribution >= 4 is 38.3 Å². The molecule has 0 spiro atoms. The molecule has 0 aliphatic rings. The van der Waals surface area contributed by atoms with Crippen molar-refractivity contribution < 1.29 is 18.0 Å². The standard InChI is InChI=1S/C7H10N4O4S2/c1-9-7(13)10-5-3(4(8)12)6(11-16-5)17(2,14)15/h1-2H3,(H2,8,12)(H2,9,10,13). The third-order valence-corrected chi connectivity index (χ3v) is 3.59. The summed E-state index contributed by atoms with van der Waals surface area (Å²) in [4.78, 5) is 22.2. The molecule has 0 aromatic carbocycles. The quantitative estimate of drug-likeness (QED) is 0.679. The Balaban J connectivity index is 3.31. The smallest absolute Gasteiger partial charge is 0.319 e. The molecule has 3 amide bonds. The van der Waals surface area contributed by atoms with Gasteiger partial charge < -0.3 is 11.1 Å². The number of nitrogens with two attached hydrogens (primary N) is 1. The maximum atomic E-state index is 11.3. The van der Waals surface area contributed by atoms with E-state index in [0.717, 1.165) is 6.26 Å². The molecule has 1 heterocycles. The van der Waals surface area contributed by atoms with Crippen molar-refractivity contribution in [1.82, 2.24) is 9.69 Å². The third-order valence-electron chi connectivity index (χ3n) is 1.71. The van der Waals surface area contributed by atoms with Crippen molar-refractivity contribution in [2.75, 3.05) is 18.6 Å². The topological polar surface area (TPSA) is 131 Å². The number of nitrogens with zero attached hydrogens (tertiary/aromatic N) is 1. The van der Waals surface area contributed by atoms with E-state index in [4.69, 9.17) is 5.73 Å². The Morgan fingerprint density at radius 2 is 2.00 bits per heavy atom. The van der Waals surface area contributed by atoms with Crippen molar-refractivity contribution in [3.05, 3.63) is 5.56 Å². The zero-order chi connectivity index (χ0) is 13.2. The number of carbonyl (C=O) groups is 2. The molecule has 0 fully saturated rings. The summed E-state index contributed by atoms with van der Waals surface area (Å²) in [6, 6.07) is -0.601. The molecule has 8 nitrogen and oxygen atoms in total. The van der Waals surface area contributed by atoms with Crippen LogP contribution in [0, 0.1) is 0 Å². The molecule has 4 N–H and O–H groups in total. The summed E-state index contributed by atoms with van der Waals surface area (Å²) in [6.07, 6.45) is 0.901. The molecule has 0 aliphatic heterocycles. The van der Waals surface area contributed by atoms with Crippen molar-refractivity contribution in [3.8, 4) is 0 Å².